The summed E-state index contributed by atoms with van der Waals surface area (Å²) in [7, 11) is -3.86. The molecule has 1 N–H and O–H groups in total. The van der Waals surface area contributed by atoms with E-state index in [2.05, 4.69) is 21.2 Å². The number of nitrogens with one attached hydrogen (secondary N) is 1. The molecule has 0 saturated carbocycles. The average Bonchev–Trinajstić information content (AvgIpc) is 2.87. The van der Waals surface area contributed by atoms with E-state index in [0.717, 1.165) is 26.2 Å². The van der Waals surface area contributed by atoms with Crippen molar-refractivity contribution in [2.75, 3.05) is 17.1 Å². The van der Waals surface area contributed by atoms with Crippen molar-refractivity contribution >= 4 is 66.7 Å². The second kappa shape index (κ2) is 13.6. The fourth-order valence-electron chi connectivity index (χ4n) is 4.24. The van der Waals surface area contributed by atoms with Crippen LogP contribution in [0.4, 0.5) is 5.69 Å². The van der Waals surface area contributed by atoms with Crippen LogP contribution in [-0.2, 0) is 32.6 Å². The van der Waals surface area contributed by atoms with Gasteiger partial charge < -0.3 is 10.2 Å². The predicted molar refractivity (Wildman–Crippen MR) is 170 cm³/mol. The van der Waals surface area contributed by atoms with Crippen LogP contribution in [0.15, 0.2) is 71.2 Å². The highest BCUT2D eigenvalue weighted by molar-refractivity contribution is 9.10. The molecule has 1 atom stereocenters. The van der Waals surface area contributed by atoms with Gasteiger partial charge in [0.1, 0.15) is 12.6 Å². The number of hydrogen-bond acceptors (Lipinski definition) is 4. The minimum Gasteiger partial charge on any atom is -0.350 e. The Balaban J connectivity index is 2.10. The molecule has 7 nitrogen and oxygen atoms in total. The van der Waals surface area contributed by atoms with Crippen molar-refractivity contribution in [3.05, 3.63) is 97.9 Å². The minimum absolute atomic E-state index is 0.00174. The number of benzene rings is 3. The Morgan fingerprint density at radius 3 is 2.17 bits per heavy atom. The van der Waals surface area contributed by atoms with Crippen molar-refractivity contribution in [1.82, 2.24) is 10.2 Å². The van der Waals surface area contributed by atoms with Crippen LogP contribution in [0.25, 0.3) is 0 Å². The number of rotatable bonds is 10. The van der Waals surface area contributed by atoms with E-state index < -0.39 is 34.1 Å². The lowest BCUT2D eigenvalue weighted by atomic mass is 10.0. The molecular formula is C30H34BrCl2N3O4S. The molecule has 0 heterocycles. The maximum Gasteiger partial charge on any atom is 0.244 e. The molecule has 0 aliphatic heterocycles. The van der Waals surface area contributed by atoms with E-state index in [4.69, 9.17) is 23.2 Å². The molecule has 0 aliphatic rings. The van der Waals surface area contributed by atoms with Gasteiger partial charge in [0, 0.05) is 23.0 Å². The molecule has 220 valence electrons. The van der Waals surface area contributed by atoms with E-state index >= 15 is 0 Å². The zero-order valence-electron chi connectivity index (χ0n) is 23.6. The van der Waals surface area contributed by atoms with E-state index in [1.807, 2.05) is 58.0 Å². The molecule has 0 fully saturated rings. The van der Waals surface area contributed by atoms with Gasteiger partial charge in [-0.1, -0.05) is 75.5 Å². The largest absolute Gasteiger partial charge is 0.350 e. The molecule has 0 unspecified atom stereocenters. The van der Waals surface area contributed by atoms with Gasteiger partial charge in [0.05, 0.1) is 22.0 Å². The number of hydrogen-bond donors (Lipinski definition) is 1. The van der Waals surface area contributed by atoms with Gasteiger partial charge in [-0.25, -0.2) is 8.42 Å². The molecule has 3 aromatic rings. The number of amides is 2. The van der Waals surface area contributed by atoms with Crippen LogP contribution >= 0.6 is 39.1 Å². The predicted octanol–water partition coefficient (Wildman–Crippen LogP) is 6.39. The Labute approximate surface area is 261 Å². The van der Waals surface area contributed by atoms with Gasteiger partial charge in [-0.05, 0) is 74.7 Å². The molecule has 3 aromatic carbocycles. The number of sulfonamides is 1. The lowest BCUT2D eigenvalue weighted by molar-refractivity contribution is -0.140. The molecule has 0 aliphatic carbocycles. The van der Waals surface area contributed by atoms with E-state index in [9.17, 15) is 18.0 Å². The maximum atomic E-state index is 14.2. The summed E-state index contributed by atoms with van der Waals surface area (Å²) in [5, 5.41) is 3.65. The van der Waals surface area contributed by atoms with Crippen LogP contribution in [0.3, 0.4) is 0 Å². The highest BCUT2D eigenvalue weighted by Gasteiger charge is 2.34. The number of halogens is 3. The van der Waals surface area contributed by atoms with Gasteiger partial charge in [-0.2, -0.15) is 0 Å². The van der Waals surface area contributed by atoms with Crippen molar-refractivity contribution < 1.29 is 18.0 Å². The number of aryl methyl sites for hydroxylation is 1. The Morgan fingerprint density at radius 2 is 1.61 bits per heavy atom. The third-order valence-corrected chi connectivity index (χ3v) is 8.98. The Bertz CT molecular complexity index is 1510. The maximum absolute atomic E-state index is 14.2. The number of carbonyl (C=O) groups is 2. The topological polar surface area (TPSA) is 86.8 Å². The first-order valence-electron chi connectivity index (χ1n) is 12.9. The molecule has 0 aromatic heterocycles. The molecule has 0 saturated heterocycles. The Kier molecular flexibility index (Phi) is 10.9. The van der Waals surface area contributed by atoms with Crippen LogP contribution < -0.4 is 9.62 Å². The van der Waals surface area contributed by atoms with E-state index in [1.54, 1.807) is 36.4 Å². The second-order valence-electron chi connectivity index (χ2n) is 10.9. The first kappa shape index (κ1) is 32.9. The summed E-state index contributed by atoms with van der Waals surface area (Å²) in [6.07, 6.45) is 1.26. The quantitative estimate of drug-likeness (QED) is 0.269. The van der Waals surface area contributed by atoms with Gasteiger partial charge in [0.15, 0.2) is 0 Å². The van der Waals surface area contributed by atoms with Crippen molar-refractivity contribution in [1.29, 1.82) is 0 Å². The summed E-state index contributed by atoms with van der Waals surface area (Å²) in [5.41, 5.74) is 2.06. The van der Waals surface area contributed by atoms with E-state index in [-0.39, 0.29) is 18.9 Å². The zero-order valence-corrected chi connectivity index (χ0v) is 27.5. The van der Waals surface area contributed by atoms with Crippen molar-refractivity contribution in [3.8, 4) is 0 Å². The van der Waals surface area contributed by atoms with Gasteiger partial charge in [0.2, 0.25) is 21.8 Å². The summed E-state index contributed by atoms with van der Waals surface area (Å²) in [5.74, 6) is -0.910. The van der Waals surface area contributed by atoms with Crippen molar-refractivity contribution in [2.24, 2.45) is 0 Å². The highest BCUT2D eigenvalue weighted by atomic mass is 79.9. The molecule has 11 heteroatoms. The van der Waals surface area contributed by atoms with E-state index in [1.165, 1.54) is 4.90 Å². The third kappa shape index (κ3) is 9.46. The average molecular weight is 683 g/mol. The SMILES string of the molecule is Cc1cc(N(CC(=O)N(Cc2ccc(Cl)c(Cl)c2)[C@@H](Cc2ccccc2)C(=O)NC(C)(C)C)S(C)(=O)=O)ccc1Br. The van der Waals surface area contributed by atoms with Crippen LogP contribution in [0.2, 0.25) is 10.0 Å². The van der Waals surface area contributed by atoms with Crippen LogP contribution in [0, 0.1) is 6.92 Å². The Morgan fingerprint density at radius 1 is 0.951 bits per heavy atom. The van der Waals surface area contributed by atoms with Gasteiger partial charge in [0.25, 0.3) is 0 Å². The van der Waals surface area contributed by atoms with Crippen molar-refractivity contribution in [3.63, 3.8) is 0 Å². The fraction of sp³-hybridized carbons (Fsp3) is 0.333. The van der Waals surface area contributed by atoms with Crippen LogP contribution in [0.5, 0.6) is 0 Å². The summed E-state index contributed by atoms with van der Waals surface area (Å²) in [6, 6.07) is 18.4. The normalized spacial score (nSPS) is 12.5. The summed E-state index contributed by atoms with van der Waals surface area (Å²) in [6.45, 7) is 6.90. The fourth-order valence-corrected chi connectivity index (χ4v) is 5.65. The summed E-state index contributed by atoms with van der Waals surface area (Å²) >= 11 is 15.8. The van der Waals surface area contributed by atoms with Crippen LogP contribution in [-0.4, -0.2) is 49.5 Å². The molecule has 0 bridgehead atoms. The summed E-state index contributed by atoms with van der Waals surface area (Å²) < 4.78 is 27.7. The van der Waals surface area contributed by atoms with Crippen LogP contribution in [0.1, 0.15) is 37.5 Å². The molecule has 0 radical (unpaired) electrons. The van der Waals surface area contributed by atoms with Gasteiger partial charge in [-0.3, -0.25) is 13.9 Å². The molecule has 2 amide bonds. The molecular weight excluding hydrogens is 649 g/mol. The number of carbonyl (C=O) groups excluding carboxylic acids is 2. The number of nitrogens with zero attached hydrogens (tertiary/aromatic N) is 2. The van der Waals surface area contributed by atoms with Gasteiger partial charge in [-0.15, -0.1) is 0 Å². The lowest BCUT2D eigenvalue weighted by Gasteiger charge is -2.35. The highest BCUT2D eigenvalue weighted by Crippen LogP contribution is 2.27. The molecule has 41 heavy (non-hydrogen) atoms. The standard InChI is InChI=1S/C30H34BrCl2N3O4S/c1-20-15-23(12-13-24(20)31)36(41(5,39)40)19-28(37)35(18-22-11-14-25(32)26(33)16-22)27(29(38)34-30(2,3)4)17-21-9-7-6-8-10-21/h6-16,27H,17-19H2,1-5H3,(H,34,38)/t27-/m0/s1. The first-order chi connectivity index (χ1) is 19.0. The monoisotopic (exact) mass is 681 g/mol. The summed E-state index contributed by atoms with van der Waals surface area (Å²) in [4.78, 5) is 29.3. The van der Waals surface area contributed by atoms with Gasteiger partial charge >= 0.3 is 0 Å². The Hall–Kier alpha value is -2.59. The lowest BCUT2D eigenvalue weighted by Crippen LogP contribution is -2.56. The third-order valence-electron chi connectivity index (χ3n) is 6.21. The second-order valence-corrected chi connectivity index (χ2v) is 14.5. The smallest absolute Gasteiger partial charge is 0.244 e. The number of anilines is 1. The minimum atomic E-state index is -3.86. The van der Waals surface area contributed by atoms with E-state index in [0.29, 0.717) is 21.3 Å². The first-order valence-corrected chi connectivity index (χ1v) is 16.3. The van der Waals surface area contributed by atoms with Crippen molar-refractivity contribution in [2.45, 2.75) is 52.2 Å². The molecule has 3 rings (SSSR count). The molecule has 0 spiro atoms. The zero-order chi connectivity index (χ0) is 30.5.